The van der Waals surface area contributed by atoms with E-state index in [-0.39, 0.29) is 6.04 Å². The molecule has 1 aliphatic rings. The van der Waals surface area contributed by atoms with E-state index in [9.17, 15) is 5.11 Å². The normalized spacial score (nSPS) is 21.4. The van der Waals surface area contributed by atoms with Crippen LogP contribution in [0.3, 0.4) is 0 Å². The van der Waals surface area contributed by atoms with E-state index in [2.05, 4.69) is 9.88 Å². The lowest BCUT2D eigenvalue weighted by atomic mass is 10.0. The number of benzene rings is 1. The molecule has 1 aromatic heterocycles. The molecule has 2 aromatic rings. The van der Waals surface area contributed by atoms with Crippen molar-refractivity contribution in [3.8, 4) is 5.75 Å². The van der Waals surface area contributed by atoms with E-state index < -0.39 is 6.10 Å². The molecule has 0 aliphatic carbocycles. The van der Waals surface area contributed by atoms with Crippen molar-refractivity contribution < 1.29 is 9.84 Å². The van der Waals surface area contributed by atoms with Gasteiger partial charge in [-0.25, -0.2) is 4.98 Å². The van der Waals surface area contributed by atoms with Gasteiger partial charge in [0.05, 0.1) is 19.0 Å². The molecule has 1 saturated heterocycles. The second kappa shape index (κ2) is 8.67. The number of aryl methyl sites for hydroxylation is 1. The van der Waals surface area contributed by atoms with Gasteiger partial charge in [-0.3, -0.25) is 4.90 Å². The van der Waals surface area contributed by atoms with Gasteiger partial charge in [-0.1, -0.05) is 11.6 Å². The zero-order valence-corrected chi connectivity index (χ0v) is 15.0. The molecule has 2 atom stereocenters. The fraction of sp³-hybridized carbons (Fsp3) is 0.500. The van der Waals surface area contributed by atoms with Crippen LogP contribution < -0.4 is 10.5 Å². The number of β-amino-alcohol motifs (C(OH)–C–C–N with tert-alkyl or cyclic N) is 1. The van der Waals surface area contributed by atoms with Crippen LogP contribution in [-0.4, -0.2) is 51.4 Å². The molecule has 2 unspecified atom stereocenters. The van der Waals surface area contributed by atoms with Gasteiger partial charge < -0.3 is 20.1 Å². The molecule has 0 radical (unpaired) electrons. The topological polar surface area (TPSA) is 76.5 Å². The van der Waals surface area contributed by atoms with Crippen LogP contribution in [-0.2, 0) is 13.1 Å². The van der Waals surface area contributed by atoms with Crippen molar-refractivity contribution in [2.45, 2.75) is 38.1 Å². The van der Waals surface area contributed by atoms with E-state index in [1.165, 1.54) is 0 Å². The van der Waals surface area contributed by atoms with Gasteiger partial charge in [-0.15, -0.1) is 0 Å². The average Bonchev–Trinajstić information content (AvgIpc) is 3.10. The van der Waals surface area contributed by atoms with E-state index in [0.717, 1.165) is 37.2 Å². The van der Waals surface area contributed by atoms with Crippen LogP contribution in [0.4, 0.5) is 0 Å². The summed E-state index contributed by atoms with van der Waals surface area (Å²) in [5.41, 5.74) is 6.92. The summed E-state index contributed by atoms with van der Waals surface area (Å²) in [6, 6.07) is 5.57. The Morgan fingerprint density at radius 3 is 3.04 bits per heavy atom. The highest BCUT2D eigenvalue weighted by Gasteiger charge is 2.25. The van der Waals surface area contributed by atoms with Gasteiger partial charge in [0.25, 0.3) is 0 Å². The van der Waals surface area contributed by atoms with Crippen LogP contribution in [0.15, 0.2) is 36.9 Å². The molecule has 1 aromatic carbocycles. The summed E-state index contributed by atoms with van der Waals surface area (Å²) in [6.07, 6.45) is 6.74. The first kappa shape index (κ1) is 18.2. The average molecular weight is 365 g/mol. The Kier molecular flexibility index (Phi) is 6.31. The maximum atomic E-state index is 9.98. The third kappa shape index (κ3) is 5.19. The van der Waals surface area contributed by atoms with Crippen molar-refractivity contribution >= 4 is 11.6 Å². The number of aromatic nitrogens is 2. The molecule has 2 heterocycles. The number of likely N-dealkylation sites (tertiary alicyclic amines) is 1. The summed E-state index contributed by atoms with van der Waals surface area (Å²) in [7, 11) is 0. The van der Waals surface area contributed by atoms with Gasteiger partial charge in [0, 0.05) is 55.2 Å². The number of imidazole rings is 1. The highest BCUT2D eigenvalue weighted by Crippen LogP contribution is 2.25. The fourth-order valence-corrected chi connectivity index (χ4v) is 3.26. The van der Waals surface area contributed by atoms with Gasteiger partial charge >= 0.3 is 0 Å². The SMILES string of the molecule is NC1CCN(Cc2cc(Cl)ccc2OCCCn2ccnc2)CC1O. The largest absolute Gasteiger partial charge is 0.493 e. The number of ether oxygens (including phenoxy) is 1. The number of nitrogens with two attached hydrogens (primary N) is 1. The quantitative estimate of drug-likeness (QED) is 0.734. The van der Waals surface area contributed by atoms with Crippen molar-refractivity contribution in [2.75, 3.05) is 19.7 Å². The van der Waals surface area contributed by atoms with Crippen LogP contribution in [0.25, 0.3) is 0 Å². The van der Waals surface area contributed by atoms with Crippen LogP contribution >= 0.6 is 11.6 Å². The first-order valence-electron chi connectivity index (χ1n) is 8.65. The maximum absolute atomic E-state index is 9.98. The monoisotopic (exact) mass is 364 g/mol. The lowest BCUT2D eigenvalue weighted by Crippen LogP contribution is -2.50. The maximum Gasteiger partial charge on any atom is 0.123 e. The summed E-state index contributed by atoms with van der Waals surface area (Å²) in [5, 5.41) is 10.7. The third-order valence-electron chi connectivity index (χ3n) is 4.51. The number of rotatable bonds is 7. The Balaban J connectivity index is 1.56. The zero-order valence-electron chi connectivity index (χ0n) is 14.2. The number of hydrogen-bond acceptors (Lipinski definition) is 5. The number of hydrogen-bond donors (Lipinski definition) is 2. The molecular formula is C18H25ClN4O2. The standard InChI is InChI=1S/C18H25ClN4O2/c19-15-2-3-18(25-9-1-6-22-8-5-21-13-22)14(10-15)11-23-7-4-16(20)17(24)12-23/h2-3,5,8,10,13,16-17,24H,1,4,6-7,9,11-12,20H2. The number of aliphatic hydroxyl groups is 1. The summed E-state index contributed by atoms with van der Waals surface area (Å²) >= 11 is 6.16. The number of halogens is 1. The van der Waals surface area contributed by atoms with E-state index in [0.29, 0.717) is 24.7 Å². The molecule has 6 nitrogen and oxygen atoms in total. The minimum absolute atomic E-state index is 0.130. The van der Waals surface area contributed by atoms with Gasteiger partial charge in [-0.2, -0.15) is 0 Å². The Bertz CT molecular complexity index is 665. The first-order valence-corrected chi connectivity index (χ1v) is 9.02. The molecule has 3 rings (SSSR count). The van der Waals surface area contributed by atoms with Crippen molar-refractivity contribution in [3.05, 3.63) is 47.5 Å². The molecular weight excluding hydrogens is 340 g/mol. The Labute approximate surface area is 153 Å². The van der Waals surface area contributed by atoms with Gasteiger partial charge in [0.2, 0.25) is 0 Å². The lowest BCUT2D eigenvalue weighted by Gasteiger charge is -2.34. The molecule has 1 aliphatic heterocycles. The first-order chi connectivity index (χ1) is 12.1. The number of nitrogens with zero attached hydrogens (tertiary/aromatic N) is 3. The summed E-state index contributed by atoms with van der Waals surface area (Å²) in [6.45, 7) is 3.64. The molecule has 136 valence electrons. The van der Waals surface area contributed by atoms with Gasteiger partial charge in [0.1, 0.15) is 5.75 Å². The molecule has 0 amide bonds. The van der Waals surface area contributed by atoms with E-state index in [4.69, 9.17) is 22.1 Å². The highest BCUT2D eigenvalue weighted by molar-refractivity contribution is 6.30. The highest BCUT2D eigenvalue weighted by atomic mass is 35.5. The summed E-state index contributed by atoms with van der Waals surface area (Å²) in [5.74, 6) is 0.847. The van der Waals surface area contributed by atoms with E-state index >= 15 is 0 Å². The number of aliphatic hydroxyl groups excluding tert-OH is 1. The minimum Gasteiger partial charge on any atom is -0.493 e. The molecule has 1 fully saturated rings. The van der Waals surface area contributed by atoms with Crippen LogP contribution in [0, 0.1) is 0 Å². The predicted octanol–water partition coefficient (Wildman–Crippen LogP) is 1.90. The Morgan fingerprint density at radius 2 is 2.28 bits per heavy atom. The summed E-state index contributed by atoms with van der Waals surface area (Å²) in [4.78, 5) is 6.22. The van der Waals surface area contributed by atoms with Crippen molar-refractivity contribution in [1.82, 2.24) is 14.5 Å². The van der Waals surface area contributed by atoms with E-state index in [1.807, 2.05) is 29.0 Å². The molecule has 0 spiro atoms. The Hall–Kier alpha value is -1.60. The van der Waals surface area contributed by atoms with Crippen LogP contribution in [0.2, 0.25) is 5.02 Å². The van der Waals surface area contributed by atoms with Crippen LogP contribution in [0.1, 0.15) is 18.4 Å². The fourth-order valence-electron chi connectivity index (χ4n) is 3.06. The molecule has 7 heteroatoms. The van der Waals surface area contributed by atoms with E-state index in [1.54, 1.807) is 12.5 Å². The molecule has 0 bridgehead atoms. The van der Waals surface area contributed by atoms with Crippen molar-refractivity contribution in [3.63, 3.8) is 0 Å². The molecule has 0 saturated carbocycles. The summed E-state index contributed by atoms with van der Waals surface area (Å²) < 4.78 is 8.01. The Morgan fingerprint density at radius 1 is 1.40 bits per heavy atom. The van der Waals surface area contributed by atoms with Crippen molar-refractivity contribution in [1.29, 1.82) is 0 Å². The smallest absolute Gasteiger partial charge is 0.123 e. The lowest BCUT2D eigenvalue weighted by molar-refractivity contribution is 0.0495. The van der Waals surface area contributed by atoms with Gasteiger partial charge in [0.15, 0.2) is 0 Å². The zero-order chi connectivity index (χ0) is 17.6. The second-order valence-electron chi connectivity index (χ2n) is 6.51. The minimum atomic E-state index is -0.479. The molecule has 25 heavy (non-hydrogen) atoms. The third-order valence-corrected chi connectivity index (χ3v) is 4.75. The van der Waals surface area contributed by atoms with Crippen LogP contribution in [0.5, 0.6) is 5.75 Å². The second-order valence-corrected chi connectivity index (χ2v) is 6.95. The predicted molar refractivity (Wildman–Crippen MR) is 97.7 cm³/mol. The van der Waals surface area contributed by atoms with Gasteiger partial charge in [-0.05, 0) is 31.0 Å². The van der Waals surface area contributed by atoms with Crippen molar-refractivity contribution in [2.24, 2.45) is 5.73 Å². The number of piperidine rings is 1. The molecule has 3 N–H and O–H groups in total.